The van der Waals surface area contributed by atoms with Gasteiger partial charge in [0.2, 0.25) is 5.82 Å². The second-order valence-electron chi connectivity index (χ2n) is 5.16. The van der Waals surface area contributed by atoms with E-state index in [9.17, 15) is 14.5 Å². The zero-order chi connectivity index (χ0) is 14.0. The quantitative estimate of drug-likeness (QED) is 0.619. The van der Waals surface area contributed by atoms with E-state index < -0.39 is 16.4 Å². The van der Waals surface area contributed by atoms with Crippen LogP contribution in [-0.4, -0.2) is 43.6 Å². The van der Waals surface area contributed by atoms with E-state index in [-0.39, 0.29) is 0 Å². The minimum absolute atomic E-state index is 0.347. The third kappa shape index (κ3) is 3.01. The number of nitro groups is 1. The summed E-state index contributed by atoms with van der Waals surface area (Å²) in [7, 11) is 3.84. The Bertz CT molecular complexity index is 481. The van der Waals surface area contributed by atoms with Crippen LogP contribution in [0.5, 0.6) is 0 Å². The molecule has 0 aromatic heterocycles. The molecule has 1 fully saturated rings. The molecule has 104 valence electrons. The standard InChI is InChI=1S/C13H18FN3O2/c1-15-7-6-10(8-15)9-16(2)12-5-3-4-11(14)13(12)17(18)19/h3-5,10H,6-9H2,1-2H3. The zero-order valence-corrected chi connectivity index (χ0v) is 11.2. The van der Waals surface area contributed by atoms with E-state index in [4.69, 9.17) is 0 Å². The highest BCUT2D eigenvalue weighted by Crippen LogP contribution is 2.31. The van der Waals surface area contributed by atoms with Crippen molar-refractivity contribution in [2.45, 2.75) is 6.42 Å². The van der Waals surface area contributed by atoms with Crippen LogP contribution in [-0.2, 0) is 0 Å². The third-order valence-corrected chi connectivity index (χ3v) is 3.58. The molecule has 5 nitrogen and oxygen atoms in total. The monoisotopic (exact) mass is 267 g/mol. The number of rotatable bonds is 4. The maximum absolute atomic E-state index is 13.6. The Morgan fingerprint density at radius 3 is 2.89 bits per heavy atom. The van der Waals surface area contributed by atoms with Gasteiger partial charge in [-0.05, 0) is 38.1 Å². The molecule has 1 atom stereocenters. The predicted molar refractivity (Wildman–Crippen MR) is 71.9 cm³/mol. The largest absolute Gasteiger partial charge is 0.369 e. The van der Waals surface area contributed by atoms with Crippen LogP contribution in [0.15, 0.2) is 18.2 Å². The Hall–Kier alpha value is -1.69. The van der Waals surface area contributed by atoms with Crippen molar-refractivity contribution in [3.05, 3.63) is 34.1 Å². The Balaban J connectivity index is 2.17. The number of hydrogen-bond donors (Lipinski definition) is 0. The van der Waals surface area contributed by atoms with Gasteiger partial charge >= 0.3 is 5.69 Å². The first-order chi connectivity index (χ1) is 8.99. The van der Waals surface area contributed by atoms with E-state index in [2.05, 4.69) is 11.9 Å². The highest BCUT2D eigenvalue weighted by molar-refractivity contribution is 5.63. The average molecular weight is 267 g/mol. The minimum Gasteiger partial charge on any atom is -0.369 e. The van der Waals surface area contributed by atoms with Crippen molar-refractivity contribution in [3.8, 4) is 0 Å². The fourth-order valence-corrected chi connectivity index (χ4v) is 2.65. The molecule has 0 spiro atoms. The van der Waals surface area contributed by atoms with Crippen LogP contribution in [0.1, 0.15) is 6.42 Å². The fraction of sp³-hybridized carbons (Fsp3) is 0.538. The molecule has 2 rings (SSSR count). The number of nitro benzene ring substituents is 1. The van der Waals surface area contributed by atoms with Crippen molar-refractivity contribution in [2.75, 3.05) is 38.6 Å². The summed E-state index contributed by atoms with van der Waals surface area (Å²) >= 11 is 0. The van der Waals surface area contributed by atoms with Crippen LogP contribution < -0.4 is 4.90 Å². The smallest absolute Gasteiger partial charge is 0.327 e. The number of hydrogen-bond acceptors (Lipinski definition) is 4. The summed E-state index contributed by atoms with van der Waals surface area (Å²) in [6.45, 7) is 2.73. The Morgan fingerprint density at radius 2 is 2.32 bits per heavy atom. The normalized spacial score (nSPS) is 19.6. The van der Waals surface area contributed by atoms with E-state index in [1.165, 1.54) is 6.07 Å². The van der Waals surface area contributed by atoms with Gasteiger partial charge in [0.25, 0.3) is 0 Å². The van der Waals surface area contributed by atoms with E-state index in [1.807, 2.05) is 0 Å². The average Bonchev–Trinajstić information content (AvgIpc) is 2.73. The molecule has 0 saturated carbocycles. The van der Waals surface area contributed by atoms with Gasteiger partial charge < -0.3 is 9.80 Å². The molecule has 0 amide bonds. The lowest BCUT2D eigenvalue weighted by atomic mass is 10.1. The molecule has 6 heteroatoms. The van der Waals surface area contributed by atoms with Crippen molar-refractivity contribution < 1.29 is 9.31 Å². The second-order valence-corrected chi connectivity index (χ2v) is 5.16. The van der Waals surface area contributed by atoms with Gasteiger partial charge in [0.05, 0.1) is 4.92 Å². The summed E-state index contributed by atoms with van der Waals surface area (Å²) < 4.78 is 13.6. The lowest BCUT2D eigenvalue weighted by Gasteiger charge is -2.23. The van der Waals surface area contributed by atoms with Crippen molar-refractivity contribution >= 4 is 11.4 Å². The topological polar surface area (TPSA) is 49.6 Å². The molecule has 1 unspecified atom stereocenters. The van der Waals surface area contributed by atoms with Crippen LogP contribution in [0.3, 0.4) is 0 Å². The first-order valence-corrected chi connectivity index (χ1v) is 6.31. The van der Waals surface area contributed by atoms with Gasteiger partial charge in [0.15, 0.2) is 0 Å². The maximum atomic E-state index is 13.6. The number of nitrogens with zero attached hydrogens (tertiary/aromatic N) is 3. The van der Waals surface area contributed by atoms with Gasteiger partial charge in [0, 0.05) is 20.1 Å². The highest BCUT2D eigenvalue weighted by atomic mass is 19.1. The molecule has 0 N–H and O–H groups in total. The predicted octanol–water partition coefficient (Wildman–Crippen LogP) is 2.12. The first kappa shape index (κ1) is 13.7. The van der Waals surface area contributed by atoms with Gasteiger partial charge in [-0.25, -0.2) is 0 Å². The molecule has 1 aromatic rings. The molecule has 1 aliphatic rings. The first-order valence-electron chi connectivity index (χ1n) is 6.31. The molecule has 1 saturated heterocycles. The fourth-order valence-electron chi connectivity index (χ4n) is 2.65. The molecule has 19 heavy (non-hydrogen) atoms. The summed E-state index contributed by atoms with van der Waals surface area (Å²) in [6, 6.07) is 4.23. The summed E-state index contributed by atoms with van der Waals surface area (Å²) in [5.41, 5.74) is -0.0871. The van der Waals surface area contributed by atoms with E-state index >= 15 is 0 Å². The Kier molecular flexibility index (Phi) is 3.99. The zero-order valence-electron chi connectivity index (χ0n) is 11.2. The molecule has 0 bridgehead atoms. The summed E-state index contributed by atoms with van der Waals surface area (Å²) in [6.07, 6.45) is 1.07. The van der Waals surface area contributed by atoms with Crippen molar-refractivity contribution in [3.63, 3.8) is 0 Å². The van der Waals surface area contributed by atoms with E-state index in [0.717, 1.165) is 25.6 Å². The summed E-state index contributed by atoms with van der Waals surface area (Å²) in [4.78, 5) is 14.3. The molecular weight excluding hydrogens is 249 g/mol. The van der Waals surface area contributed by atoms with Crippen LogP contribution in [0, 0.1) is 21.8 Å². The lowest BCUT2D eigenvalue weighted by molar-refractivity contribution is -0.386. The summed E-state index contributed by atoms with van der Waals surface area (Å²) in [5, 5.41) is 11.0. The number of benzene rings is 1. The molecular formula is C13H18FN3O2. The number of anilines is 1. The minimum atomic E-state index is -0.780. The van der Waals surface area contributed by atoms with Gasteiger partial charge in [-0.3, -0.25) is 10.1 Å². The molecule has 1 aromatic carbocycles. The highest BCUT2D eigenvalue weighted by Gasteiger charge is 2.26. The van der Waals surface area contributed by atoms with E-state index in [0.29, 0.717) is 18.2 Å². The van der Waals surface area contributed by atoms with E-state index in [1.54, 1.807) is 18.0 Å². The SMILES string of the molecule is CN1CCC(CN(C)c2cccc(F)c2[N+](=O)[O-])C1. The maximum Gasteiger partial charge on any atom is 0.327 e. The van der Waals surface area contributed by atoms with Crippen LogP contribution >= 0.6 is 0 Å². The Morgan fingerprint density at radius 1 is 1.58 bits per heavy atom. The third-order valence-electron chi connectivity index (χ3n) is 3.58. The van der Waals surface area contributed by atoms with Crippen molar-refractivity contribution in [2.24, 2.45) is 5.92 Å². The molecule has 0 aliphatic carbocycles. The number of para-hydroxylation sites is 1. The molecule has 0 radical (unpaired) electrons. The van der Waals surface area contributed by atoms with Gasteiger partial charge in [-0.15, -0.1) is 0 Å². The van der Waals surface area contributed by atoms with Gasteiger partial charge in [-0.1, -0.05) is 6.07 Å². The number of halogens is 1. The van der Waals surface area contributed by atoms with Crippen LogP contribution in [0.2, 0.25) is 0 Å². The van der Waals surface area contributed by atoms with Gasteiger partial charge in [0.1, 0.15) is 5.69 Å². The van der Waals surface area contributed by atoms with Crippen LogP contribution in [0.4, 0.5) is 15.8 Å². The molecule has 1 aliphatic heterocycles. The lowest BCUT2D eigenvalue weighted by Crippen LogP contribution is -2.27. The van der Waals surface area contributed by atoms with Crippen LogP contribution in [0.25, 0.3) is 0 Å². The Labute approximate surface area is 111 Å². The number of likely N-dealkylation sites (tertiary alicyclic amines) is 1. The summed E-state index contributed by atoms with van der Waals surface area (Å²) in [5.74, 6) is -0.309. The van der Waals surface area contributed by atoms with Crippen molar-refractivity contribution in [1.82, 2.24) is 4.90 Å². The molecule has 1 heterocycles. The second kappa shape index (κ2) is 5.52. The van der Waals surface area contributed by atoms with Crippen molar-refractivity contribution in [1.29, 1.82) is 0 Å². The van der Waals surface area contributed by atoms with Gasteiger partial charge in [-0.2, -0.15) is 4.39 Å².